The SMILES string of the molecule is Cn1nncc1CNCCN1CCSCC1. The third-order valence-electron chi connectivity index (χ3n) is 2.82. The van der Waals surface area contributed by atoms with Gasteiger partial charge < -0.3 is 10.2 Å². The topological polar surface area (TPSA) is 46.0 Å². The Hall–Kier alpha value is -0.590. The monoisotopic (exact) mass is 241 g/mol. The van der Waals surface area contributed by atoms with Gasteiger partial charge in [0.25, 0.3) is 0 Å². The fourth-order valence-corrected chi connectivity index (χ4v) is 2.73. The minimum atomic E-state index is 0.853. The van der Waals surface area contributed by atoms with E-state index >= 15 is 0 Å². The number of hydrogen-bond donors (Lipinski definition) is 1. The summed E-state index contributed by atoms with van der Waals surface area (Å²) in [5.74, 6) is 2.57. The van der Waals surface area contributed by atoms with Gasteiger partial charge in [-0.1, -0.05) is 5.21 Å². The Morgan fingerprint density at radius 3 is 2.94 bits per heavy atom. The van der Waals surface area contributed by atoms with Crippen molar-refractivity contribution in [3.63, 3.8) is 0 Å². The first kappa shape index (κ1) is 11.9. The van der Waals surface area contributed by atoms with Crippen molar-refractivity contribution < 1.29 is 0 Å². The Morgan fingerprint density at radius 1 is 1.44 bits per heavy atom. The minimum absolute atomic E-state index is 0.853. The summed E-state index contributed by atoms with van der Waals surface area (Å²) in [6, 6.07) is 0. The maximum atomic E-state index is 3.90. The molecule has 0 saturated carbocycles. The van der Waals surface area contributed by atoms with Crippen molar-refractivity contribution in [3.05, 3.63) is 11.9 Å². The molecular weight excluding hydrogens is 222 g/mol. The molecule has 16 heavy (non-hydrogen) atoms. The van der Waals surface area contributed by atoms with E-state index in [0.29, 0.717) is 0 Å². The fourth-order valence-electron chi connectivity index (χ4n) is 1.75. The molecule has 1 aromatic heterocycles. The summed E-state index contributed by atoms with van der Waals surface area (Å²) in [6.07, 6.45) is 1.81. The Labute approximate surface area is 101 Å². The maximum absolute atomic E-state index is 3.90. The first-order valence-corrected chi connectivity index (χ1v) is 6.86. The van der Waals surface area contributed by atoms with E-state index in [1.165, 1.54) is 24.6 Å². The van der Waals surface area contributed by atoms with Crippen molar-refractivity contribution in [2.24, 2.45) is 7.05 Å². The van der Waals surface area contributed by atoms with Crippen LogP contribution in [0, 0.1) is 0 Å². The third kappa shape index (κ3) is 3.47. The van der Waals surface area contributed by atoms with Gasteiger partial charge in [-0.2, -0.15) is 11.8 Å². The lowest BCUT2D eigenvalue weighted by atomic mass is 10.4. The van der Waals surface area contributed by atoms with Crippen molar-refractivity contribution in [2.45, 2.75) is 6.54 Å². The zero-order valence-electron chi connectivity index (χ0n) is 9.72. The standard InChI is InChI=1S/C10H19N5S/c1-14-10(9-12-13-14)8-11-2-3-15-4-6-16-7-5-15/h9,11H,2-8H2,1H3. The Kier molecular flexibility index (Phi) is 4.62. The molecule has 0 aromatic carbocycles. The van der Waals surface area contributed by atoms with Crippen LogP contribution in [0.2, 0.25) is 0 Å². The van der Waals surface area contributed by atoms with Crippen molar-refractivity contribution >= 4 is 11.8 Å². The molecule has 0 aliphatic carbocycles. The van der Waals surface area contributed by atoms with E-state index < -0.39 is 0 Å². The molecule has 5 nitrogen and oxygen atoms in total. The van der Waals surface area contributed by atoms with Crippen molar-refractivity contribution in [2.75, 3.05) is 37.7 Å². The van der Waals surface area contributed by atoms with Gasteiger partial charge >= 0.3 is 0 Å². The van der Waals surface area contributed by atoms with E-state index in [-0.39, 0.29) is 0 Å². The van der Waals surface area contributed by atoms with E-state index in [4.69, 9.17) is 0 Å². The van der Waals surface area contributed by atoms with Gasteiger partial charge in [0.1, 0.15) is 0 Å². The quantitative estimate of drug-likeness (QED) is 0.733. The second kappa shape index (κ2) is 6.22. The summed E-state index contributed by atoms with van der Waals surface area (Å²) in [5, 5.41) is 11.2. The molecule has 0 spiro atoms. The summed E-state index contributed by atoms with van der Waals surface area (Å²) in [6.45, 7) is 5.51. The highest BCUT2D eigenvalue weighted by molar-refractivity contribution is 7.99. The molecule has 0 radical (unpaired) electrons. The number of nitrogens with zero attached hydrogens (tertiary/aromatic N) is 4. The lowest BCUT2D eigenvalue weighted by molar-refractivity contribution is 0.300. The lowest BCUT2D eigenvalue weighted by Crippen LogP contribution is -2.37. The number of hydrogen-bond acceptors (Lipinski definition) is 5. The number of nitrogens with one attached hydrogen (secondary N) is 1. The summed E-state index contributed by atoms with van der Waals surface area (Å²) in [4.78, 5) is 2.52. The molecule has 0 unspecified atom stereocenters. The largest absolute Gasteiger partial charge is 0.310 e. The molecule has 6 heteroatoms. The highest BCUT2D eigenvalue weighted by Crippen LogP contribution is 2.07. The average Bonchev–Trinajstić information content (AvgIpc) is 2.72. The van der Waals surface area contributed by atoms with Gasteiger partial charge in [0.05, 0.1) is 11.9 Å². The van der Waals surface area contributed by atoms with Crippen LogP contribution in [0.1, 0.15) is 5.69 Å². The number of thioether (sulfide) groups is 1. The molecular formula is C10H19N5S. The van der Waals surface area contributed by atoms with Crippen molar-refractivity contribution in [1.29, 1.82) is 0 Å². The van der Waals surface area contributed by atoms with Gasteiger partial charge in [0, 0.05) is 51.3 Å². The second-order valence-electron chi connectivity index (χ2n) is 3.98. The Bertz CT molecular complexity index is 308. The normalized spacial score (nSPS) is 17.8. The van der Waals surface area contributed by atoms with Gasteiger partial charge in [0.2, 0.25) is 0 Å². The predicted molar refractivity (Wildman–Crippen MR) is 66.5 cm³/mol. The number of rotatable bonds is 5. The van der Waals surface area contributed by atoms with Crippen LogP contribution in [0.15, 0.2) is 6.20 Å². The first-order chi connectivity index (χ1) is 7.86. The van der Waals surface area contributed by atoms with E-state index in [1.807, 2.05) is 17.9 Å². The molecule has 0 amide bonds. The Morgan fingerprint density at radius 2 is 2.25 bits per heavy atom. The molecule has 1 aromatic rings. The summed E-state index contributed by atoms with van der Waals surface area (Å²) >= 11 is 2.06. The molecule has 0 atom stereocenters. The average molecular weight is 241 g/mol. The van der Waals surface area contributed by atoms with Gasteiger partial charge in [-0.3, -0.25) is 4.68 Å². The van der Waals surface area contributed by atoms with E-state index in [0.717, 1.165) is 25.3 Å². The molecule has 1 aliphatic rings. The molecule has 90 valence electrons. The summed E-state index contributed by atoms with van der Waals surface area (Å²) < 4.78 is 1.81. The molecule has 1 N–H and O–H groups in total. The van der Waals surface area contributed by atoms with Gasteiger partial charge in [-0.15, -0.1) is 5.10 Å². The molecule has 1 aliphatic heterocycles. The number of aryl methyl sites for hydroxylation is 1. The second-order valence-corrected chi connectivity index (χ2v) is 5.20. The van der Waals surface area contributed by atoms with E-state index in [2.05, 4.69) is 32.3 Å². The fraction of sp³-hybridized carbons (Fsp3) is 0.800. The van der Waals surface area contributed by atoms with Crippen molar-refractivity contribution in [1.82, 2.24) is 25.2 Å². The first-order valence-electron chi connectivity index (χ1n) is 5.70. The third-order valence-corrected chi connectivity index (χ3v) is 3.77. The zero-order chi connectivity index (χ0) is 11.2. The zero-order valence-corrected chi connectivity index (χ0v) is 10.5. The van der Waals surface area contributed by atoms with Gasteiger partial charge in [0.15, 0.2) is 0 Å². The highest BCUT2D eigenvalue weighted by atomic mass is 32.2. The smallest absolute Gasteiger partial charge is 0.0738 e. The van der Waals surface area contributed by atoms with E-state index in [9.17, 15) is 0 Å². The molecule has 1 fully saturated rings. The molecule has 0 bridgehead atoms. The van der Waals surface area contributed by atoms with Gasteiger partial charge in [-0.25, -0.2) is 0 Å². The highest BCUT2D eigenvalue weighted by Gasteiger charge is 2.09. The van der Waals surface area contributed by atoms with Crippen LogP contribution in [0.25, 0.3) is 0 Å². The predicted octanol–water partition coefficient (Wildman–Crippen LogP) is -0.0465. The molecule has 2 rings (SSSR count). The van der Waals surface area contributed by atoms with Crippen LogP contribution in [-0.2, 0) is 13.6 Å². The Balaban J connectivity index is 1.59. The minimum Gasteiger partial charge on any atom is -0.310 e. The van der Waals surface area contributed by atoms with Gasteiger partial charge in [-0.05, 0) is 0 Å². The van der Waals surface area contributed by atoms with Crippen LogP contribution < -0.4 is 5.32 Å². The maximum Gasteiger partial charge on any atom is 0.0738 e. The molecule has 1 saturated heterocycles. The van der Waals surface area contributed by atoms with Crippen LogP contribution in [0.5, 0.6) is 0 Å². The summed E-state index contributed by atoms with van der Waals surface area (Å²) in [5.41, 5.74) is 1.13. The van der Waals surface area contributed by atoms with Crippen LogP contribution in [0.3, 0.4) is 0 Å². The summed E-state index contributed by atoms with van der Waals surface area (Å²) in [7, 11) is 1.92. The lowest BCUT2D eigenvalue weighted by Gasteiger charge is -2.26. The van der Waals surface area contributed by atoms with Crippen LogP contribution >= 0.6 is 11.8 Å². The number of aromatic nitrogens is 3. The van der Waals surface area contributed by atoms with Crippen molar-refractivity contribution in [3.8, 4) is 0 Å². The van der Waals surface area contributed by atoms with Crippen LogP contribution in [0.4, 0.5) is 0 Å². The van der Waals surface area contributed by atoms with Crippen LogP contribution in [-0.4, -0.2) is 57.6 Å². The van der Waals surface area contributed by atoms with E-state index in [1.54, 1.807) is 0 Å². The molecule has 2 heterocycles.